The second-order valence-corrected chi connectivity index (χ2v) is 3.94. The number of thiocarbonyl (C=S) groups is 1. The van der Waals surface area contributed by atoms with E-state index in [1.54, 1.807) is 18.3 Å². The summed E-state index contributed by atoms with van der Waals surface area (Å²) in [4.78, 5) is 0. The SMILES string of the molecule is CCCCNC(=S)N/N=C\c1ccc(F)cc1. The van der Waals surface area contributed by atoms with Crippen LogP contribution in [0.1, 0.15) is 25.3 Å². The molecule has 2 N–H and O–H groups in total. The summed E-state index contributed by atoms with van der Waals surface area (Å²) in [5.41, 5.74) is 3.52. The highest BCUT2D eigenvalue weighted by Crippen LogP contribution is 1.99. The normalized spacial score (nSPS) is 10.5. The van der Waals surface area contributed by atoms with Crippen LogP contribution in [0.4, 0.5) is 4.39 Å². The van der Waals surface area contributed by atoms with E-state index >= 15 is 0 Å². The molecule has 1 aromatic rings. The van der Waals surface area contributed by atoms with E-state index in [-0.39, 0.29) is 5.82 Å². The Bertz CT molecular complexity index is 376. The smallest absolute Gasteiger partial charge is 0.186 e. The lowest BCUT2D eigenvalue weighted by atomic mass is 10.2. The van der Waals surface area contributed by atoms with E-state index in [9.17, 15) is 4.39 Å². The van der Waals surface area contributed by atoms with Crippen molar-refractivity contribution in [3.8, 4) is 0 Å². The summed E-state index contributed by atoms with van der Waals surface area (Å²) in [5, 5.41) is 7.47. The fraction of sp³-hybridized carbons (Fsp3) is 0.333. The first kappa shape index (κ1) is 13.6. The molecule has 0 saturated heterocycles. The highest BCUT2D eigenvalue weighted by Gasteiger charge is 1.92. The van der Waals surface area contributed by atoms with Gasteiger partial charge in [0.25, 0.3) is 0 Å². The zero-order valence-electron chi connectivity index (χ0n) is 9.74. The summed E-state index contributed by atoms with van der Waals surface area (Å²) in [6.07, 6.45) is 3.78. The first-order valence-electron chi connectivity index (χ1n) is 5.55. The van der Waals surface area contributed by atoms with Crippen LogP contribution in [0.15, 0.2) is 29.4 Å². The maximum absolute atomic E-state index is 12.6. The van der Waals surface area contributed by atoms with Gasteiger partial charge in [0.15, 0.2) is 5.11 Å². The van der Waals surface area contributed by atoms with Gasteiger partial charge in [-0.15, -0.1) is 0 Å². The molecule has 0 radical (unpaired) electrons. The van der Waals surface area contributed by atoms with Crippen LogP contribution in [0, 0.1) is 5.82 Å². The first-order valence-corrected chi connectivity index (χ1v) is 5.95. The number of unbranched alkanes of at least 4 members (excludes halogenated alkanes) is 1. The third kappa shape index (κ3) is 5.97. The van der Waals surface area contributed by atoms with Gasteiger partial charge in [0.1, 0.15) is 5.82 Å². The molecule has 0 amide bonds. The van der Waals surface area contributed by atoms with Crippen molar-refractivity contribution in [2.24, 2.45) is 5.10 Å². The Balaban J connectivity index is 2.29. The van der Waals surface area contributed by atoms with Crippen molar-refractivity contribution in [1.82, 2.24) is 10.7 Å². The second-order valence-electron chi connectivity index (χ2n) is 3.53. The molecule has 0 aliphatic carbocycles. The lowest BCUT2D eigenvalue weighted by Crippen LogP contribution is -2.32. The summed E-state index contributed by atoms with van der Waals surface area (Å²) in [7, 11) is 0. The highest BCUT2D eigenvalue weighted by atomic mass is 32.1. The molecule has 0 spiro atoms. The summed E-state index contributed by atoms with van der Waals surface area (Å²) < 4.78 is 12.6. The predicted molar refractivity (Wildman–Crippen MR) is 72.6 cm³/mol. The van der Waals surface area contributed by atoms with Gasteiger partial charge < -0.3 is 5.32 Å². The Morgan fingerprint density at radius 1 is 1.41 bits per heavy atom. The summed E-state index contributed by atoms with van der Waals surface area (Å²) >= 11 is 5.01. The fourth-order valence-electron chi connectivity index (χ4n) is 1.13. The molecule has 17 heavy (non-hydrogen) atoms. The van der Waals surface area contributed by atoms with E-state index < -0.39 is 0 Å². The summed E-state index contributed by atoms with van der Waals surface area (Å²) in [5.74, 6) is -0.258. The number of hydrazone groups is 1. The number of benzene rings is 1. The average Bonchev–Trinajstić information content (AvgIpc) is 2.32. The lowest BCUT2D eigenvalue weighted by molar-refractivity contribution is 0.628. The minimum Gasteiger partial charge on any atom is -0.361 e. The van der Waals surface area contributed by atoms with Gasteiger partial charge in [-0.3, -0.25) is 5.43 Å². The van der Waals surface area contributed by atoms with Gasteiger partial charge in [0.05, 0.1) is 6.21 Å². The largest absolute Gasteiger partial charge is 0.361 e. The standard InChI is InChI=1S/C12H16FN3S/c1-2-3-8-14-12(17)16-15-9-10-4-6-11(13)7-5-10/h4-7,9H,2-3,8H2,1H3,(H2,14,16,17)/b15-9-. The lowest BCUT2D eigenvalue weighted by Gasteiger charge is -2.05. The molecule has 0 saturated carbocycles. The Kier molecular flexibility index (Phi) is 6.17. The third-order valence-corrected chi connectivity index (χ3v) is 2.30. The van der Waals surface area contributed by atoms with Crippen molar-refractivity contribution in [3.05, 3.63) is 35.6 Å². The Hall–Kier alpha value is -1.49. The van der Waals surface area contributed by atoms with Crippen LogP contribution in [0.3, 0.4) is 0 Å². The zero-order chi connectivity index (χ0) is 12.5. The molecule has 92 valence electrons. The molecule has 5 heteroatoms. The van der Waals surface area contributed by atoms with Crippen LogP contribution in [0.2, 0.25) is 0 Å². The van der Waals surface area contributed by atoms with E-state index in [2.05, 4.69) is 22.8 Å². The van der Waals surface area contributed by atoms with Gasteiger partial charge in [-0.2, -0.15) is 5.10 Å². The quantitative estimate of drug-likeness (QED) is 0.366. The molecule has 3 nitrogen and oxygen atoms in total. The van der Waals surface area contributed by atoms with Gasteiger partial charge in [-0.1, -0.05) is 25.5 Å². The van der Waals surface area contributed by atoms with E-state index in [1.165, 1.54) is 12.1 Å². The Morgan fingerprint density at radius 3 is 2.76 bits per heavy atom. The molecule has 0 aromatic heterocycles. The fourth-order valence-corrected chi connectivity index (χ4v) is 1.29. The van der Waals surface area contributed by atoms with E-state index in [0.29, 0.717) is 5.11 Å². The number of nitrogens with one attached hydrogen (secondary N) is 2. The molecule has 0 heterocycles. The second kappa shape index (κ2) is 7.73. The number of rotatable bonds is 5. The molecule has 0 unspecified atom stereocenters. The predicted octanol–water partition coefficient (Wildman–Crippen LogP) is 2.42. The summed E-state index contributed by atoms with van der Waals surface area (Å²) in [6.45, 7) is 2.96. The van der Waals surface area contributed by atoms with Crippen molar-refractivity contribution >= 4 is 23.5 Å². The van der Waals surface area contributed by atoms with Gasteiger partial charge in [-0.05, 0) is 36.3 Å². The molecular formula is C12H16FN3S. The maximum atomic E-state index is 12.6. The van der Waals surface area contributed by atoms with Crippen molar-refractivity contribution in [2.75, 3.05) is 6.54 Å². The van der Waals surface area contributed by atoms with Crippen molar-refractivity contribution in [3.63, 3.8) is 0 Å². The van der Waals surface area contributed by atoms with Gasteiger partial charge in [-0.25, -0.2) is 4.39 Å². The summed E-state index contributed by atoms with van der Waals surface area (Å²) in [6, 6.07) is 6.07. The molecule has 1 aromatic carbocycles. The Morgan fingerprint density at radius 2 is 2.12 bits per heavy atom. The van der Waals surface area contributed by atoms with Crippen LogP contribution in [0.25, 0.3) is 0 Å². The van der Waals surface area contributed by atoms with Crippen LogP contribution in [0.5, 0.6) is 0 Å². The molecule has 0 atom stereocenters. The van der Waals surface area contributed by atoms with Crippen LogP contribution < -0.4 is 10.7 Å². The van der Waals surface area contributed by atoms with E-state index in [1.807, 2.05) is 0 Å². The molecular weight excluding hydrogens is 237 g/mol. The van der Waals surface area contributed by atoms with Gasteiger partial charge >= 0.3 is 0 Å². The van der Waals surface area contributed by atoms with Crippen LogP contribution in [-0.2, 0) is 0 Å². The third-order valence-electron chi connectivity index (χ3n) is 2.07. The maximum Gasteiger partial charge on any atom is 0.186 e. The molecule has 0 aliphatic rings. The van der Waals surface area contributed by atoms with Crippen molar-refractivity contribution in [2.45, 2.75) is 19.8 Å². The number of hydrogen-bond acceptors (Lipinski definition) is 2. The van der Waals surface area contributed by atoms with E-state index in [4.69, 9.17) is 12.2 Å². The molecule has 0 bridgehead atoms. The topological polar surface area (TPSA) is 36.4 Å². The van der Waals surface area contributed by atoms with Gasteiger partial charge in [0, 0.05) is 6.54 Å². The van der Waals surface area contributed by atoms with E-state index in [0.717, 1.165) is 24.9 Å². The van der Waals surface area contributed by atoms with Gasteiger partial charge in [0.2, 0.25) is 0 Å². The zero-order valence-corrected chi connectivity index (χ0v) is 10.6. The first-order chi connectivity index (χ1) is 8.22. The molecule has 1 rings (SSSR count). The van der Waals surface area contributed by atoms with Crippen molar-refractivity contribution < 1.29 is 4.39 Å². The molecule has 0 aliphatic heterocycles. The minimum absolute atomic E-state index is 0.258. The van der Waals surface area contributed by atoms with Crippen LogP contribution >= 0.6 is 12.2 Å². The Labute approximate surface area is 106 Å². The number of hydrogen-bond donors (Lipinski definition) is 2. The minimum atomic E-state index is -0.258. The van der Waals surface area contributed by atoms with Crippen molar-refractivity contribution in [1.29, 1.82) is 0 Å². The number of halogens is 1. The highest BCUT2D eigenvalue weighted by molar-refractivity contribution is 7.80. The molecule has 0 fully saturated rings. The number of nitrogens with zero attached hydrogens (tertiary/aromatic N) is 1. The average molecular weight is 253 g/mol. The monoisotopic (exact) mass is 253 g/mol. The van der Waals surface area contributed by atoms with Crippen LogP contribution in [-0.4, -0.2) is 17.9 Å².